The van der Waals surface area contributed by atoms with Gasteiger partial charge in [-0.05, 0) is 40.1 Å². The molecule has 2 aromatic heterocycles. The van der Waals surface area contributed by atoms with Gasteiger partial charge in [0.15, 0.2) is 0 Å². The first-order chi connectivity index (χ1) is 12.2. The van der Waals surface area contributed by atoms with Crippen LogP contribution in [-0.4, -0.2) is 16.3 Å². The van der Waals surface area contributed by atoms with Crippen molar-refractivity contribution in [2.75, 3.05) is 0 Å². The molecule has 2 N–H and O–H groups in total. The van der Waals surface area contributed by atoms with Crippen LogP contribution in [0.1, 0.15) is 20.9 Å². The smallest absolute Gasteiger partial charge is 0.238 e. The van der Waals surface area contributed by atoms with Gasteiger partial charge in [-0.15, -0.1) is 22.7 Å². The van der Waals surface area contributed by atoms with Crippen LogP contribution in [0, 0.1) is 6.07 Å². The number of rotatable bonds is 6. The van der Waals surface area contributed by atoms with E-state index in [0.717, 1.165) is 13.1 Å². The maximum atomic E-state index is 12.7. The van der Waals surface area contributed by atoms with Crippen molar-refractivity contribution in [1.29, 1.82) is 0 Å². The Labute approximate surface area is 155 Å². The number of fused-ring (bicyclic) bond motifs is 1. The molecule has 1 atom stereocenters. The fraction of sp³-hybridized carbons (Fsp3) is 0.250. The lowest BCUT2D eigenvalue weighted by atomic mass is 9.91. The second-order valence-electron chi connectivity index (χ2n) is 6.46. The number of hydrogen-bond acceptors (Lipinski definition) is 4. The highest BCUT2D eigenvalue weighted by atomic mass is 32.1. The molecule has 0 saturated carbocycles. The number of nitrogens with two attached hydrogens (primary N) is 1. The molecule has 0 bridgehead atoms. The van der Waals surface area contributed by atoms with Crippen LogP contribution in [0.15, 0.2) is 53.2 Å². The van der Waals surface area contributed by atoms with Gasteiger partial charge in [0.2, 0.25) is 5.91 Å². The summed E-state index contributed by atoms with van der Waals surface area (Å²) in [4.78, 5) is 17.4. The van der Waals surface area contributed by atoms with Gasteiger partial charge in [0.25, 0.3) is 0 Å². The number of benzene rings is 1. The molecule has 1 unspecified atom stereocenters. The van der Waals surface area contributed by atoms with Gasteiger partial charge in [0, 0.05) is 35.7 Å². The SMILES string of the molecule is NC(=O)C1(N(Cc2cccs2)Cc2cccs2)Cc2c[c]ccc2C1. The van der Waals surface area contributed by atoms with E-state index < -0.39 is 5.54 Å². The van der Waals surface area contributed by atoms with Crippen LogP contribution in [0.2, 0.25) is 0 Å². The number of carbonyl (C=O) groups is 1. The van der Waals surface area contributed by atoms with E-state index in [4.69, 9.17) is 5.73 Å². The van der Waals surface area contributed by atoms with Crippen LogP contribution in [0.25, 0.3) is 0 Å². The van der Waals surface area contributed by atoms with Crippen molar-refractivity contribution < 1.29 is 4.79 Å². The number of amides is 1. The zero-order chi connectivity index (χ0) is 17.3. The Balaban J connectivity index is 1.71. The number of hydrogen-bond donors (Lipinski definition) is 1. The minimum absolute atomic E-state index is 0.239. The summed E-state index contributed by atoms with van der Waals surface area (Å²) < 4.78 is 0. The van der Waals surface area contributed by atoms with Crippen molar-refractivity contribution >= 4 is 28.6 Å². The quantitative estimate of drug-likeness (QED) is 0.723. The van der Waals surface area contributed by atoms with Crippen LogP contribution >= 0.6 is 22.7 Å². The van der Waals surface area contributed by atoms with Crippen molar-refractivity contribution in [3.8, 4) is 0 Å². The second-order valence-corrected chi connectivity index (χ2v) is 8.52. The van der Waals surface area contributed by atoms with Crippen LogP contribution in [0.3, 0.4) is 0 Å². The van der Waals surface area contributed by atoms with Gasteiger partial charge in [0.1, 0.15) is 5.54 Å². The highest BCUT2D eigenvalue weighted by Gasteiger charge is 2.47. The van der Waals surface area contributed by atoms with Crippen molar-refractivity contribution in [1.82, 2.24) is 4.90 Å². The van der Waals surface area contributed by atoms with Gasteiger partial charge in [-0.2, -0.15) is 0 Å². The number of primary amides is 1. The van der Waals surface area contributed by atoms with Crippen molar-refractivity contribution in [2.45, 2.75) is 31.5 Å². The van der Waals surface area contributed by atoms with Gasteiger partial charge < -0.3 is 5.73 Å². The van der Waals surface area contributed by atoms with E-state index in [9.17, 15) is 4.79 Å². The lowest BCUT2D eigenvalue weighted by Crippen LogP contribution is -2.57. The first-order valence-electron chi connectivity index (χ1n) is 8.25. The summed E-state index contributed by atoms with van der Waals surface area (Å²) in [5.74, 6) is -0.239. The molecule has 1 amide bonds. The molecule has 25 heavy (non-hydrogen) atoms. The van der Waals surface area contributed by atoms with Gasteiger partial charge in [0.05, 0.1) is 0 Å². The molecule has 1 aliphatic rings. The van der Waals surface area contributed by atoms with E-state index in [2.05, 4.69) is 52.1 Å². The Kier molecular flexibility index (Phi) is 4.46. The van der Waals surface area contributed by atoms with Gasteiger partial charge in [-0.1, -0.05) is 30.3 Å². The third-order valence-electron chi connectivity index (χ3n) is 4.93. The Bertz CT molecular complexity index is 794. The van der Waals surface area contributed by atoms with E-state index in [0.29, 0.717) is 12.8 Å². The van der Waals surface area contributed by atoms with E-state index >= 15 is 0 Å². The summed E-state index contributed by atoms with van der Waals surface area (Å²) in [6, 6.07) is 17.5. The standard InChI is InChI=1S/C20H19N2OS2/c21-19(23)20(11-15-5-1-2-6-16(15)12-20)22(13-17-7-3-9-24-17)14-18-8-4-10-25-18/h1,3-10H,11-14H2,(H2,21,23). The molecule has 3 aromatic rings. The summed E-state index contributed by atoms with van der Waals surface area (Å²) >= 11 is 3.44. The minimum Gasteiger partial charge on any atom is -0.368 e. The number of thiophene rings is 2. The molecule has 1 aromatic carbocycles. The Morgan fingerprint density at radius 2 is 1.72 bits per heavy atom. The van der Waals surface area contributed by atoms with E-state index in [1.165, 1.54) is 20.9 Å². The third-order valence-corrected chi connectivity index (χ3v) is 6.66. The summed E-state index contributed by atoms with van der Waals surface area (Å²) in [7, 11) is 0. The second kappa shape index (κ2) is 6.75. The lowest BCUT2D eigenvalue weighted by molar-refractivity contribution is -0.130. The molecule has 4 rings (SSSR count). The van der Waals surface area contributed by atoms with Crippen molar-refractivity contribution in [2.24, 2.45) is 5.73 Å². The summed E-state index contributed by atoms with van der Waals surface area (Å²) in [6.45, 7) is 1.46. The Morgan fingerprint density at radius 3 is 2.24 bits per heavy atom. The Hall–Kier alpha value is -1.95. The molecular formula is C20H19N2OS2. The maximum absolute atomic E-state index is 12.7. The average molecular weight is 368 g/mol. The van der Waals surface area contributed by atoms with Gasteiger partial charge >= 0.3 is 0 Å². The predicted octanol–water partition coefficient (Wildman–Crippen LogP) is 3.63. The normalized spacial score (nSPS) is 15.4. The predicted molar refractivity (Wildman–Crippen MR) is 102 cm³/mol. The molecule has 2 heterocycles. The summed E-state index contributed by atoms with van der Waals surface area (Å²) in [5, 5.41) is 4.15. The third kappa shape index (κ3) is 3.15. The van der Waals surface area contributed by atoms with Crippen LogP contribution in [-0.2, 0) is 30.7 Å². The molecule has 1 radical (unpaired) electrons. The number of nitrogens with zero attached hydrogens (tertiary/aromatic N) is 1. The summed E-state index contributed by atoms with van der Waals surface area (Å²) in [6.07, 6.45) is 1.33. The van der Waals surface area contributed by atoms with Crippen LogP contribution < -0.4 is 5.73 Å². The van der Waals surface area contributed by atoms with E-state index in [-0.39, 0.29) is 5.91 Å². The van der Waals surface area contributed by atoms with Gasteiger partial charge in [-0.3, -0.25) is 9.69 Å². The van der Waals surface area contributed by atoms with Crippen molar-refractivity contribution in [3.63, 3.8) is 0 Å². The molecule has 0 aliphatic heterocycles. The highest BCUT2D eigenvalue weighted by molar-refractivity contribution is 7.10. The molecule has 0 fully saturated rings. The first kappa shape index (κ1) is 16.5. The summed E-state index contributed by atoms with van der Waals surface area (Å²) in [5.41, 5.74) is 7.70. The van der Waals surface area contributed by atoms with Crippen LogP contribution in [0.4, 0.5) is 0 Å². The van der Waals surface area contributed by atoms with Gasteiger partial charge in [-0.25, -0.2) is 0 Å². The minimum atomic E-state index is -0.675. The molecule has 0 spiro atoms. The van der Waals surface area contributed by atoms with Crippen molar-refractivity contribution in [3.05, 3.63) is 80.2 Å². The molecular weight excluding hydrogens is 348 g/mol. The maximum Gasteiger partial charge on any atom is 0.238 e. The monoisotopic (exact) mass is 367 g/mol. The van der Waals surface area contributed by atoms with E-state index in [1.807, 2.05) is 12.1 Å². The topological polar surface area (TPSA) is 46.3 Å². The zero-order valence-corrected chi connectivity index (χ0v) is 15.4. The fourth-order valence-electron chi connectivity index (χ4n) is 3.62. The highest BCUT2D eigenvalue weighted by Crippen LogP contribution is 2.37. The molecule has 5 heteroatoms. The average Bonchev–Trinajstić information content (AvgIpc) is 3.34. The fourth-order valence-corrected chi connectivity index (χ4v) is 5.06. The zero-order valence-electron chi connectivity index (χ0n) is 13.8. The largest absolute Gasteiger partial charge is 0.368 e. The molecule has 127 valence electrons. The van der Waals surface area contributed by atoms with E-state index in [1.54, 1.807) is 22.7 Å². The number of carbonyl (C=O) groups excluding carboxylic acids is 1. The molecule has 3 nitrogen and oxygen atoms in total. The molecule has 0 saturated heterocycles. The lowest BCUT2D eigenvalue weighted by Gasteiger charge is -2.38. The van der Waals surface area contributed by atoms with Crippen LogP contribution in [0.5, 0.6) is 0 Å². The first-order valence-corrected chi connectivity index (χ1v) is 10.0. The molecule has 1 aliphatic carbocycles. The Morgan fingerprint density at radius 1 is 1.08 bits per heavy atom.